The quantitative estimate of drug-likeness (QED) is 0.810. The molecule has 1 atom stereocenters. The Morgan fingerprint density at radius 3 is 2.80 bits per heavy atom. The molecule has 3 rings (SSSR count). The second kappa shape index (κ2) is 8.74. The van der Waals surface area contributed by atoms with Crippen molar-refractivity contribution in [1.29, 1.82) is 0 Å². The average Bonchev–Trinajstić information content (AvgIpc) is 3.13. The number of ether oxygens (including phenoxy) is 2. The molecule has 1 saturated heterocycles. The Morgan fingerprint density at radius 2 is 2.08 bits per heavy atom. The average molecular weight is 361 g/mol. The zero-order chi connectivity index (χ0) is 17.5. The molecule has 2 aromatic carbocycles. The maximum Gasteiger partial charge on any atom is 0.319 e. The topological polar surface area (TPSA) is 59.6 Å². The minimum atomic E-state index is -0.277. The summed E-state index contributed by atoms with van der Waals surface area (Å²) in [6.45, 7) is 1.84. The van der Waals surface area contributed by atoms with Crippen molar-refractivity contribution in [2.45, 2.75) is 25.5 Å². The third-order valence-electron chi connectivity index (χ3n) is 3.92. The van der Waals surface area contributed by atoms with Crippen molar-refractivity contribution in [3.8, 4) is 5.75 Å². The number of anilines is 1. The van der Waals surface area contributed by atoms with Crippen molar-refractivity contribution < 1.29 is 14.3 Å². The van der Waals surface area contributed by atoms with Gasteiger partial charge < -0.3 is 20.1 Å². The standard InChI is InChI=1S/C19H21ClN2O3/c20-15-3-1-4-16(11-15)22-19(23)21-12-14-6-8-17(9-7-14)25-13-18-5-2-10-24-18/h1,3-4,6-9,11,18H,2,5,10,12-13H2,(H2,21,22,23)/t18-/m0/s1. The molecule has 0 radical (unpaired) electrons. The minimum Gasteiger partial charge on any atom is -0.491 e. The monoisotopic (exact) mass is 360 g/mol. The van der Waals surface area contributed by atoms with Gasteiger partial charge in [0, 0.05) is 23.9 Å². The van der Waals surface area contributed by atoms with Crippen LogP contribution in [0.4, 0.5) is 10.5 Å². The van der Waals surface area contributed by atoms with Crippen LogP contribution in [-0.2, 0) is 11.3 Å². The van der Waals surface area contributed by atoms with Crippen LogP contribution < -0.4 is 15.4 Å². The first-order valence-corrected chi connectivity index (χ1v) is 8.70. The van der Waals surface area contributed by atoms with Crippen LogP contribution in [0.1, 0.15) is 18.4 Å². The highest BCUT2D eigenvalue weighted by Crippen LogP contribution is 2.17. The third-order valence-corrected chi connectivity index (χ3v) is 4.15. The summed E-state index contributed by atoms with van der Waals surface area (Å²) in [5, 5.41) is 6.13. The fourth-order valence-corrected chi connectivity index (χ4v) is 2.78. The molecule has 1 aliphatic rings. The predicted molar refractivity (Wildman–Crippen MR) is 98.2 cm³/mol. The largest absolute Gasteiger partial charge is 0.491 e. The first kappa shape index (κ1) is 17.6. The van der Waals surface area contributed by atoms with E-state index in [-0.39, 0.29) is 12.1 Å². The molecule has 0 aliphatic carbocycles. The molecule has 0 unspecified atom stereocenters. The molecule has 1 heterocycles. The normalized spacial score (nSPS) is 16.4. The van der Waals surface area contributed by atoms with Crippen LogP contribution in [0.25, 0.3) is 0 Å². The summed E-state index contributed by atoms with van der Waals surface area (Å²) < 4.78 is 11.3. The minimum absolute atomic E-state index is 0.205. The Balaban J connectivity index is 1.42. The number of carbonyl (C=O) groups excluding carboxylic acids is 1. The van der Waals surface area contributed by atoms with Gasteiger partial charge in [-0.05, 0) is 48.7 Å². The number of rotatable bonds is 6. The molecular formula is C19H21ClN2O3. The Morgan fingerprint density at radius 1 is 1.24 bits per heavy atom. The van der Waals surface area contributed by atoms with Crippen LogP contribution in [0.15, 0.2) is 48.5 Å². The number of hydrogen-bond donors (Lipinski definition) is 2. The molecule has 132 valence electrons. The third kappa shape index (κ3) is 5.66. The summed E-state index contributed by atoms with van der Waals surface area (Å²) >= 11 is 5.89. The number of urea groups is 1. The fraction of sp³-hybridized carbons (Fsp3) is 0.316. The van der Waals surface area contributed by atoms with Crippen molar-refractivity contribution in [1.82, 2.24) is 5.32 Å². The first-order chi connectivity index (χ1) is 12.2. The predicted octanol–water partition coefficient (Wildman–Crippen LogP) is 4.22. The molecule has 2 N–H and O–H groups in total. The molecule has 5 nitrogen and oxygen atoms in total. The number of nitrogens with one attached hydrogen (secondary N) is 2. The van der Waals surface area contributed by atoms with Crippen LogP contribution in [0.5, 0.6) is 5.75 Å². The van der Waals surface area contributed by atoms with E-state index >= 15 is 0 Å². The number of benzene rings is 2. The van der Waals surface area contributed by atoms with E-state index in [1.165, 1.54) is 0 Å². The molecule has 0 saturated carbocycles. The smallest absolute Gasteiger partial charge is 0.319 e. The van der Waals surface area contributed by atoms with E-state index in [4.69, 9.17) is 21.1 Å². The molecule has 1 fully saturated rings. The molecule has 2 aromatic rings. The number of amides is 2. The Labute approximate surface area is 152 Å². The molecule has 0 spiro atoms. The van der Waals surface area contributed by atoms with Crippen LogP contribution in [0, 0.1) is 0 Å². The number of halogens is 1. The van der Waals surface area contributed by atoms with Gasteiger partial charge in [0.2, 0.25) is 0 Å². The molecule has 6 heteroatoms. The van der Waals surface area contributed by atoms with Gasteiger partial charge in [0.05, 0.1) is 6.10 Å². The van der Waals surface area contributed by atoms with Gasteiger partial charge >= 0.3 is 6.03 Å². The molecule has 2 amide bonds. The zero-order valence-corrected chi connectivity index (χ0v) is 14.6. The molecular weight excluding hydrogens is 340 g/mol. The van der Waals surface area contributed by atoms with Crippen molar-refractivity contribution >= 4 is 23.3 Å². The van der Waals surface area contributed by atoms with E-state index in [1.54, 1.807) is 24.3 Å². The number of hydrogen-bond acceptors (Lipinski definition) is 3. The summed E-state index contributed by atoms with van der Waals surface area (Å²) in [6, 6.07) is 14.4. The first-order valence-electron chi connectivity index (χ1n) is 8.33. The van der Waals surface area contributed by atoms with E-state index in [9.17, 15) is 4.79 Å². The molecule has 1 aliphatic heterocycles. The summed E-state index contributed by atoms with van der Waals surface area (Å²) in [5.41, 5.74) is 1.65. The molecule has 0 aromatic heterocycles. The second-order valence-electron chi connectivity index (χ2n) is 5.91. The van der Waals surface area contributed by atoms with Gasteiger partial charge in [-0.25, -0.2) is 4.79 Å². The lowest BCUT2D eigenvalue weighted by molar-refractivity contribution is 0.0679. The Bertz CT molecular complexity index is 700. The van der Waals surface area contributed by atoms with Gasteiger partial charge in [0.25, 0.3) is 0 Å². The van der Waals surface area contributed by atoms with Gasteiger partial charge in [-0.1, -0.05) is 29.8 Å². The van der Waals surface area contributed by atoms with E-state index in [0.29, 0.717) is 23.9 Å². The highest BCUT2D eigenvalue weighted by atomic mass is 35.5. The second-order valence-corrected chi connectivity index (χ2v) is 6.34. The highest BCUT2D eigenvalue weighted by Gasteiger charge is 2.15. The van der Waals surface area contributed by atoms with Crippen molar-refractivity contribution in [3.05, 3.63) is 59.1 Å². The lowest BCUT2D eigenvalue weighted by Gasteiger charge is -2.12. The van der Waals surface area contributed by atoms with E-state index < -0.39 is 0 Å². The maximum atomic E-state index is 11.9. The zero-order valence-electron chi connectivity index (χ0n) is 13.8. The lowest BCUT2D eigenvalue weighted by atomic mass is 10.2. The van der Waals surface area contributed by atoms with Gasteiger partial charge in [-0.15, -0.1) is 0 Å². The van der Waals surface area contributed by atoms with Crippen LogP contribution in [0.3, 0.4) is 0 Å². The summed E-state index contributed by atoms with van der Waals surface area (Å²) in [6.07, 6.45) is 2.37. The molecule has 0 bridgehead atoms. The van der Waals surface area contributed by atoms with E-state index in [0.717, 1.165) is 30.8 Å². The Hall–Kier alpha value is -2.24. The summed E-state index contributed by atoms with van der Waals surface area (Å²) in [5.74, 6) is 0.808. The maximum absolute atomic E-state index is 11.9. The lowest BCUT2D eigenvalue weighted by Crippen LogP contribution is -2.28. The van der Waals surface area contributed by atoms with Gasteiger partial charge in [0.15, 0.2) is 0 Å². The van der Waals surface area contributed by atoms with Crippen molar-refractivity contribution in [2.75, 3.05) is 18.5 Å². The van der Waals surface area contributed by atoms with Crippen LogP contribution in [0.2, 0.25) is 5.02 Å². The highest BCUT2D eigenvalue weighted by molar-refractivity contribution is 6.30. The van der Waals surface area contributed by atoms with Crippen molar-refractivity contribution in [2.24, 2.45) is 0 Å². The fourth-order valence-electron chi connectivity index (χ4n) is 2.59. The van der Waals surface area contributed by atoms with Crippen LogP contribution in [-0.4, -0.2) is 25.3 Å². The van der Waals surface area contributed by atoms with Gasteiger partial charge in [0.1, 0.15) is 12.4 Å². The molecule has 25 heavy (non-hydrogen) atoms. The van der Waals surface area contributed by atoms with Gasteiger partial charge in [-0.3, -0.25) is 0 Å². The SMILES string of the molecule is O=C(NCc1ccc(OC[C@@H]2CCCO2)cc1)Nc1cccc(Cl)c1. The van der Waals surface area contributed by atoms with E-state index in [2.05, 4.69) is 10.6 Å². The number of carbonyl (C=O) groups is 1. The van der Waals surface area contributed by atoms with Crippen molar-refractivity contribution in [3.63, 3.8) is 0 Å². The summed E-state index contributed by atoms with van der Waals surface area (Å²) in [7, 11) is 0. The van der Waals surface area contributed by atoms with Gasteiger partial charge in [-0.2, -0.15) is 0 Å². The van der Waals surface area contributed by atoms with Crippen LogP contribution >= 0.6 is 11.6 Å². The van der Waals surface area contributed by atoms with E-state index in [1.807, 2.05) is 24.3 Å². The Kier molecular flexibility index (Phi) is 6.14. The summed E-state index contributed by atoms with van der Waals surface area (Å²) in [4.78, 5) is 11.9.